The summed E-state index contributed by atoms with van der Waals surface area (Å²) in [6.45, 7) is 7.56. The molecular formula is C18H23N3O2. The van der Waals surface area contributed by atoms with Gasteiger partial charge in [-0.15, -0.1) is 0 Å². The molecule has 1 aromatic heterocycles. The molecule has 1 atom stereocenters. The van der Waals surface area contributed by atoms with Crippen molar-refractivity contribution in [3.05, 3.63) is 52.8 Å². The molecule has 3 rings (SSSR count). The summed E-state index contributed by atoms with van der Waals surface area (Å²) in [6, 6.07) is 9.62. The Morgan fingerprint density at radius 1 is 1.35 bits per heavy atom. The number of H-pyrrole nitrogens is 1. The van der Waals surface area contributed by atoms with Crippen LogP contribution in [-0.4, -0.2) is 32.2 Å². The zero-order valence-corrected chi connectivity index (χ0v) is 13.8. The zero-order valence-electron chi connectivity index (χ0n) is 13.8. The fraction of sp³-hybridized carbons (Fsp3) is 0.444. The van der Waals surface area contributed by atoms with Gasteiger partial charge in [0.05, 0.1) is 5.69 Å². The van der Waals surface area contributed by atoms with Crippen molar-refractivity contribution < 1.29 is 9.90 Å². The van der Waals surface area contributed by atoms with Crippen LogP contribution in [0.3, 0.4) is 0 Å². The van der Waals surface area contributed by atoms with Gasteiger partial charge in [0, 0.05) is 24.2 Å². The Kier molecular flexibility index (Phi) is 3.98. The standard InChI is InChI=1S/C18H23N3O2/c1-18(2,3)16-9-14(19-20-16)11-21-10-13-7-5-4-6-12(13)8-15(21)17(22)23/h4-7,9,15H,8,10-11H2,1-3H3,(H,19,20)(H,22,23). The maximum atomic E-state index is 11.7. The van der Waals surface area contributed by atoms with Crippen LogP contribution in [-0.2, 0) is 29.7 Å². The predicted octanol–water partition coefficient (Wildman–Crippen LogP) is 2.72. The molecule has 2 aromatic rings. The van der Waals surface area contributed by atoms with Crippen LogP contribution in [0.1, 0.15) is 43.3 Å². The predicted molar refractivity (Wildman–Crippen MR) is 88.1 cm³/mol. The molecule has 0 aliphatic carbocycles. The minimum atomic E-state index is -0.768. The van der Waals surface area contributed by atoms with Crippen LogP contribution in [0, 0.1) is 0 Å². The lowest BCUT2D eigenvalue weighted by Crippen LogP contribution is -2.45. The van der Waals surface area contributed by atoms with Gasteiger partial charge in [-0.2, -0.15) is 5.10 Å². The summed E-state index contributed by atoms with van der Waals surface area (Å²) >= 11 is 0. The Labute approximate surface area is 136 Å². The van der Waals surface area contributed by atoms with Crippen molar-refractivity contribution in [2.75, 3.05) is 0 Å². The van der Waals surface area contributed by atoms with Crippen molar-refractivity contribution in [3.63, 3.8) is 0 Å². The number of carbonyl (C=O) groups is 1. The second kappa shape index (κ2) is 5.81. The topological polar surface area (TPSA) is 69.2 Å². The van der Waals surface area contributed by atoms with E-state index >= 15 is 0 Å². The fourth-order valence-corrected chi connectivity index (χ4v) is 3.03. The van der Waals surface area contributed by atoms with Gasteiger partial charge in [0.15, 0.2) is 0 Å². The molecule has 1 aliphatic rings. The summed E-state index contributed by atoms with van der Waals surface area (Å²) in [4.78, 5) is 13.7. The van der Waals surface area contributed by atoms with Gasteiger partial charge in [0.1, 0.15) is 6.04 Å². The van der Waals surface area contributed by atoms with Gasteiger partial charge in [-0.05, 0) is 23.6 Å². The number of aliphatic carboxylic acids is 1. The van der Waals surface area contributed by atoms with E-state index in [1.165, 1.54) is 5.56 Å². The van der Waals surface area contributed by atoms with Gasteiger partial charge >= 0.3 is 5.97 Å². The van der Waals surface area contributed by atoms with Crippen LogP contribution < -0.4 is 0 Å². The SMILES string of the molecule is CC(C)(C)c1cc(CN2Cc3ccccc3CC2C(=O)O)[nH]n1. The van der Waals surface area contributed by atoms with E-state index in [0.717, 1.165) is 17.0 Å². The molecule has 1 aliphatic heterocycles. The molecule has 5 nitrogen and oxygen atoms in total. The Hall–Kier alpha value is -2.14. The van der Waals surface area contributed by atoms with E-state index in [0.29, 0.717) is 19.5 Å². The molecule has 2 heterocycles. The Morgan fingerprint density at radius 2 is 2.04 bits per heavy atom. The minimum Gasteiger partial charge on any atom is -0.480 e. The first kappa shape index (κ1) is 15.7. The van der Waals surface area contributed by atoms with Gasteiger partial charge in [-0.3, -0.25) is 14.8 Å². The highest BCUT2D eigenvalue weighted by atomic mass is 16.4. The van der Waals surface area contributed by atoms with Crippen molar-refractivity contribution >= 4 is 5.97 Å². The van der Waals surface area contributed by atoms with E-state index < -0.39 is 12.0 Å². The molecule has 122 valence electrons. The minimum absolute atomic E-state index is 0.0184. The number of carboxylic acids is 1. The van der Waals surface area contributed by atoms with Crippen LogP contribution in [0.25, 0.3) is 0 Å². The third kappa shape index (κ3) is 3.29. The Bertz CT molecular complexity index is 715. The lowest BCUT2D eigenvalue weighted by molar-refractivity contribution is -0.144. The number of carboxylic acid groups (broad SMARTS) is 1. The first-order chi connectivity index (χ1) is 10.8. The second-order valence-electron chi connectivity index (χ2n) is 7.26. The van der Waals surface area contributed by atoms with Gasteiger partial charge in [0.25, 0.3) is 0 Å². The van der Waals surface area contributed by atoms with Crippen molar-refractivity contribution in [3.8, 4) is 0 Å². The fourth-order valence-electron chi connectivity index (χ4n) is 3.03. The van der Waals surface area contributed by atoms with Crippen LogP contribution in [0.4, 0.5) is 0 Å². The normalized spacial score (nSPS) is 18.7. The first-order valence-electron chi connectivity index (χ1n) is 7.93. The average Bonchev–Trinajstić information content (AvgIpc) is 2.95. The van der Waals surface area contributed by atoms with E-state index in [-0.39, 0.29) is 5.41 Å². The Balaban J connectivity index is 1.83. The summed E-state index contributed by atoms with van der Waals surface area (Å²) in [7, 11) is 0. The largest absolute Gasteiger partial charge is 0.480 e. The van der Waals surface area contributed by atoms with E-state index in [1.807, 2.05) is 29.2 Å². The van der Waals surface area contributed by atoms with Gasteiger partial charge in [0.2, 0.25) is 0 Å². The number of nitrogens with one attached hydrogen (secondary N) is 1. The Morgan fingerprint density at radius 3 is 2.65 bits per heavy atom. The lowest BCUT2D eigenvalue weighted by atomic mass is 9.92. The number of aromatic amines is 1. The van der Waals surface area contributed by atoms with Crippen LogP contribution in [0.2, 0.25) is 0 Å². The molecule has 0 amide bonds. The molecule has 1 unspecified atom stereocenters. The van der Waals surface area contributed by atoms with Gasteiger partial charge < -0.3 is 5.11 Å². The average molecular weight is 313 g/mol. The number of hydrogen-bond donors (Lipinski definition) is 2. The zero-order chi connectivity index (χ0) is 16.6. The highest BCUT2D eigenvalue weighted by Gasteiger charge is 2.31. The van der Waals surface area contributed by atoms with Crippen LogP contribution >= 0.6 is 0 Å². The summed E-state index contributed by atoms with van der Waals surface area (Å²) in [6.07, 6.45) is 0.547. The maximum Gasteiger partial charge on any atom is 0.321 e. The number of hydrogen-bond acceptors (Lipinski definition) is 3. The number of fused-ring (bicyclic) bond motifs is 1. The smallest absolute Gasteiger partial charge is 0.321 e. The van der Waals surface area contributed by atoms with Gasteiger partial charge in [-0.25, -0.2) is 0 Å². The highest BCUT2D eigenvalue weighted by molar-refractivity contribution is 5.74. The van der Waals surface area contributed by atoms with Crippen molar-refractivity contribution in [2.24, 2.45) is 0 Å². The lowest BCUT2D eigenvalue weighted by Gasteiger charge is -2.34. The van der Waals surface area contributed by atoms with Crippen molar-refractivity contribution in [2.45, 2.75) is 51.7 Å². The van der Waals surface area contributed by atoms with E-state index in [2.05, 4.69) is 37.0 Å². The quantitative estimate of drug-likeness (QED) is 0.914. The molecule has 5 heteroatoms. The van der Waals surface area contributed by atoms with E-state index in [1.54, 1.807) is 0 Å². The molecule has 0 saturated heterocycles. The van der Waals surface area contributed by atoms with E-state index in [9.17, 15) is 9.90 Å². The van der Waals surface area contributed by atoms with Crippen LogP contribution in [0.15, 0.2) is 30.3 Å². The summed E-state index contributed by atoms with van der Waals surface area (Å²) < 4.78 is 0. The molecule has 0 fully saturated rings. The summed E-state index contributed by atoms with van der Waals surface area (Å²) in [5.74, 6) is -0.768. The maximum absolute atomic E-state index is 11.7. The number of rotatable bonds is 3. The molecule has 1 aromatic carbocycles. The monoisotopic (exact) mass is 313 g/mol. The molecule has 2 N–H and O–H groups in total. The molecule has 0 spiro atoms. The second-order valence-corrected chi connectivity index (χ2v) is 7.26. The number of nitrogens with zero attached hydrogens (tertiary/aromatic N) is 2. The third-order valence-electron chi connectivity index (χ3n) is 4.40. The van der Waals surface area contributed by atoms with Gasteiger partial charge in [-0.1, -0.05) is 45.0 Å². The van der Waals surface area contributed by atoms with Crippen molar-refractivity contribution in [1.82, 2.24) is 15.1 Å². The highest BCUT2D eigenvalue weighted by Crippen LogP contribution is 2.26. The first-order valence-corrected chi connectivity index (χ1v) is 7.93. The molecule has 23 heavy (non-hydrogen) atoms. The van der Waals surface area contributed by atoms with Crippen LogP contribution in [0.5, 0.6) is 0 Å². The molecule has 0 saturated carbocycles. The molecule has 0 bridgehead atoms. The third-order valence-corrected chi connectivity index (χ3v) is 4.40. The van der Waals surface area contributed by atoms with Crippen molar-refractivity contribution in [1.29, 1.82) is 0 Å². The summed E-state index contributed by atoms with van der Waals surface area (Å²) in [5, 5.41) is 17.0. The molecular weight excluding hydrogens is 290 g/mol. The molecule has 0 radical (unpaired) electrons. The number of benzene rings is 1. The number of aromatic nitrogens is 2. The summed E-state index contributed by atoms with van der Waals surface area (Å²) in [5.41, 5.74) is 4.28. The van der Waals surface area contributed by atoms with E-state index in [4.69, 9.17) is 0 Å².